The molecule has 4 nitrogen and oxygen atoms in total. The predicted octanol–water partition coefficient (Wildman–Crippen LogP) is 6.62. The highest BCUT2D eigenvalue weighted by atomic mass is 79.9. The molecule has 0 fully saturated rings. The van der Waals surface area contributed by atoms with Crippen LogP contribution in [0.15, 0.2) is 58.2 Å². The Balaban J connectivity index is 1.68. The Labute approximate surface area is 179 Å². The third kappa shape index (κ3) is 5.17. The van der Waals surface area contributed by atoms with Crippen molar-refractivity contribution in [2.75, 3.05) is 0 Å². The molecule has 0 spiro atoms. The molecule has 6 heteroatoms. The van der Waals surface area contributed by atoms with Crippen LogP contribution in [0.4, 0.5) is 0 Å². The Morgan fingerprint density at radius 1 is 1.00 bits per heavy atom. The van der Waals surface area contributed by atoms with Crippen molar-refractivity contribution in [1.29, 1.82) is 0 Å². The first-order valence-electron chi connectivity index (χ1n) is 9.55. The quantitative estimate of drug-likeness (QED) is 0.355. The fourth-order valence-corrected chi connectivity index (χ4v) is 4.15. The number of hydrogen-bond acceptors (Lipinski definition) is 4. The molecule has 0 aliphatic carbocycles. The van der Waals surface area contributed by atoms with E-state index in [2.05, 4.69) is 87.9 Å². The van der Waals surface area contributed by atoms with Gasteiger partial charge in [0.25, 0.3) is 0 Å². The highest BCUT2D eigenvalue weighted by molar-refractivity contribution is 9.10. The largest absolute Gasteiger partial charge is 0.483 e. The average Bonchev–Trinajstić information content (AvgIpc) is 3.11. The zero-order chi connectivity index (χ0) is 20.1. The summed E-state index contributed by atoms with van der Waals surface area (Å²) in [5, 5.41) is 9.74. The molecule has 0 N–H and O–H groups in total. The Bertz CT molecular complexity index is 891. The maximum atomic E-state index is 6.13. The van der Waals surface area contributed by atoms with Crippen LogP contribution in [0, 0.1) is 0 Å². The van der Waals surface area contributed by atoms with Gasteiger partial charge in [0.2, 0.25) is 0 Å². The van der Waals surface area contributed by atoms with Crippen LogP contribution in [0.2, 0.25) is 0 Å². The van der Waals surface area contributed by atoms with Gasteiger partial charge in [-0.1, -0.05) is 65.8 Å². The molecular formula is C22H26BrN3OS. The summed E-state index contributed by atoms with van der Waals surface area (Å²) in [5.41, 5.74) is 2.57. The monoisotopic (exact) mass is 459 g/mol. The molecule has 0 saturated heterocycles. The highest BCUT2D eigenvalue weighted by Gasteiger charge is 2.19. The van der Waals surface area contributed by atoms with E-state index in [1.807, 2.05) is 19.1 Å². The van der Waals surface area contributed by atoms with Crippen LogP contribution in [0.3, 0.4) is 0 Å². The van der Waals surface area contributed by atoms with E-state index in [-0.39, 0.29) is 6.10 Å². The van der Waals surface area contributed by atoms with Crippen LogP contribution in [-0.2, 0) is 12.3 Å². The minimum absolute atomic E-state index is 0.167. The van der Waals surface area contributed by atoms with Crippen molar-refractivity contribution in [3.05, 3.63) is 70.0 Å². The lowest BCUT2D eigenvalue weighted by atomic mass is 10.0. The third-order valence-corrected chi connectivity index (χ3v) is 6.13. The second-order valence-electron chi connectivity index (χ2n) is 6.98. The van der Waals surface area contributed by atoms with Crippen molar-refractivity contribution in [3.63, 3.8) is 0 Å². The second kappa shape index (κ2) is 9.61. The molecule has 0 radical (unpaired) electrons. The molecule has 1 unspecified atom stereocenters. The number of rotatable bonds is 8. The number of halogens is 1. The van der Waals surface area contributed by atoms with Gasteiger partial charge in [-0.05, 0) is 55.2 Å². The van der Waals surface area contributed by atoms with E-state index in [1.165, 1.54) is 11.1 Å². The number of hydrogen-bond donors (Lipinski definition) is 0. The number of ether oxygens (including phenoxy) is 1. The van der Waals surface area contributed by atoms with Crippen LogP contribution in [0.25, 0.3) is 0 Å². The summed E-state index contributed by atoms with van der Waals surface area (Å²) in [5.74, 6) is 3.08. The Hall–Kier alpha value is -1.79. The first-order chi connectivity index (χ1) is 13.5. The lowest BCUT2D eigenvalue weighted by molar-refractivity contribution is 0.210. The fourth-order valence-electron chi connectivity index (χ4n) is 2.92. The molecule has 0 amide bonds. The average molecular weight is 460 g/mol. The molecule has 28 heavy (non-hydrogen) atoms. The molecular weight excluding hydrogens is 434 g/mol. The summed E-state index contributed by atoms with van der Waals surface area (Å²) in [6, 6.07) is 16.7. The summed E-state index contributed by atoms with van der Waals surface area (Å²) in [7, 11) is 0. The van der Waals surface area contributed by atoms with Crippen molar-refractivity contribution >= 4 is 27.7 Å². The fraction of sp³-hybridized carbons (Fsp3) is 0.364. The molecule has 1 aromatic heterocycles. The van der Waals surface area contributed by atoms with Gasteiger partial charge >= 0.3 is 0 Å². The highest BCUT2D eigenvalue weighted by Crippen LogP contribution is 2.27. The van der Waals surface area contributed by atoms with Gasteiger partial charge < -0.3 is 9.30 Å². The van der Waals surface area contributed by atoms with Crippen molar-refractivity contribution in [1.82, 2.24) is 14.8 Å². The van der Waals surface area contributed by atoms with Crippen molar-refractivity contribution in [3.8, 4) is 5.75 Å². The summed E-state index contributed by atoms with van der Waals surface area (Å²) >= 11 is 5.17. The van der Waals surface area contributed by atoms with Crippen LogP contribution in [0.5, 0.6) is 5.75 Å². The molecule has 148 valence electrons. The van der Waals surface area contributed by atoms with Gasteiger partial charge in [-0.15, -0.1) is 10.2 Å². The van der Waals surface area contributed by atoms with Crippen molar-refractivity contribution in [2.45, 2.75) is 57.2 Å². The summed E-state index contributed by atoms with van der Waals surface area (Å²) in [6.07, 6.45) is -0.167. The van der Waals surface area contributed by atoms with Crippen LogP contribution < -0.4 is 4.74 Å². The molecule has 3 rings (SSSR count). The maximum Gasteiger partial charge on any atom is 0.191 e. The molecule has 1 heterocycles. The van der Waals surface area contributed by atoms with Crippen LogP contribution in [-0.4, -0.2) is 14.8 Å². The normalized spacial score (nSPS) is 12.4. The molecule has 0 aliphatic rings. The van der Waals surface area contributed by atoms with E-state index in [1.54, 1.807) is 11.8 Å². The molecule has 0 aliphatic heterocycles. The minimum atomic E-state index is -0.167. The third-order valence-electron chi connectivity index (χ3n) is 4.57. The Morgan fingerprint density at radius 2 is 1.68 bits per heavy atom. The maximum absolute atomic E-state index is 6.13. The van der Waals surface area contributed by atoms with E-state index in [9.17, 15) is 0 Å². The Kier molecular flexibility index (Phi) is 7.18. The first kappa shape index (κ1) is 20.9. The van der Waals surface area contributed by atoms with E-state index < -0.39 is 0 Å². The van der Waals surface area contributed by atoms with Crippen LogP contribution >= 0.6 is 27.7 Å². The number of benzene rings is 2. The molecule has 1 atom stereocenters. The van der Waals surface area contributed by atoms with E-state index in [0.717, 1.165) is 33.5 Å². The lowest BCUT2D eigenvalue weighted by Gasteiger charge is -2.16. The number of aromatic nitrogens is 3. The SMILES string of the molecule is CCn1c(SCc2ccc(Br)cc2)nnc1C(C)Oc1ccc(C(C)C)cc1. The smallest absolute Gasteiger partial charge is 0.191 e. The molecule has 0 bridgehead atoms. The predicted molar refractivity (Wildman–Crippen MR) is 119 cm³/mol. The second-order valence-corrected chi connectivity index (χ2v) is 8.84. The molecule has 0 saturated carbocycles. The summed E-state index contributed by atoms with van der Waals surface area (Å²) in [4.78, 5) is 0. The molecule has 3 aromatic rings. The number of nitrogens with zero attached hydrogens (tertiary/aromatic N) is 3. The topological polar surface area (TPSA) is 39.9 Å². The van der Waals surface area contributed by atoms with Gasteiger partial charge in [-0.25, -0.2) is 0 Å². The number of thioether (sulfide) groups is 1. The zero-order valence-electron chi connectivity index (χ0n) is 16.7. The first-order valence-corrected chi connectivity index (χ1v) is 11.3. The van der Waals surface area contributed by atoms with E-state index >= 15 is 0 Å². The van der Waals surface area contributed by atoms with Gasteiger partial charge in [-0.3, -0.25) is 0 Å². The van der Waals surface area contributed by atoms with Crippen molar-refractivity contribution < 1.29 is 4.74 Å². The molecule has 2 aromatic carbocycles. The minimum Gasteiger partial charge on any atom is -0.483 e. The van der Waals surface area contributed by atoms with Gasteiger partial charge in [-0.2, -0.15) is 0 Å². The van der Waals surface area contributed by atoms with Crippen LogP contribution in [0.1, 0.15) is 56.7 Å². The van der Waals surface area contributed by atoms with Crippen molar-refractivity contribution in [2.24, 2.45) is 0 Å². The standard InChI is InChI=1S/C22H26BrN3OS/c1-5-26-21(16(4)27-20-12-8-18(9-13-20)15(2)3)24-25-22(26)28-14-17-6-10-19(23)11-7-17/h6-13,15-16H,5,14H2,1-4H3. The summed E-state index contributed by atoms with van der Waals surface area (Å²) in [6.45, 7) is 9.33. The van der Waals surface area contributed by atoms with E-state index in [0.29, 0.717) is 5.92 Å². The summed E-state index contributed by atoms with van der Waals surface area (Å²) < 4.78 is 9.36. The van der Waals surface area contributed by atoms with Gasteiger partial charge in [0.1, 0.15) is 5.75 Å². The Morgan fingerprint density at radius 3 is 2.29 bits per heavy atom. The lowest BCUT2D eigenvalue weighted by Crippen LogP contribution is -2.12. The van der Waals surface area contributed by atoms with Gasteiger partial charge in [0, 0.05) is 16.8 Å². The van der Waals surface area contributed by atoms with Gasteiger partial charge in [0.05, 0.1) is 0 Å². The zero-order valence-corrected chi connectivity index (χ0v) is 19.1. The van der Waals surface area contributed by atoms with E-state index in [4.69, 9.17) is 4.74 Å². The van der Waals surface area contributed by atoms with Gasteiger partial charge in [0.15, 0.2) is 17.1 Å².